The zero-order valence-electron chi connectivity index (χ0n) is 11.7. The molecule has 0 spiro atoms. The van der Waals surface area contributed by atoms with E-state index in [0.717, 1.165) is 12.8 Å². The summed E-state index contributed by atoms with van der Waals surface area (Å²) in [6.45, 7) is 5.06. The first-order chi connectivity index (χ1) is 9.04. The van der Waals surface area contributed by atoms with Crippen LogP contribution in [0.2, 0.25) is 5.02 Å². The van der Waals surface area contributed by atoms with Crippen molar-refractivity contribution < 1.29 is 14.3 Å². The van der Waals surface area contributed by atoms with E-state index in [1.165, 1.54) is 0 Å². The lowest BCUT2D eigenvalue weighted by Crippen LogP contribution is -2.10. The van der Waals surface area contributed by atoms with Crippen molar-refractivity contribution in [1.82, 2.24) is 0 Å². The molecule has 0 heterocycles. The number of benzene rings is 1. The van der Waals surface area contributed by atoms with Crippen molar-refractivity contribution in [3.8, 4) is 5.75 Å². The highest BCUT2D eigenvalue weighted by molar-refractivity contribution is 6.32. The van der Waals surface area contributed by atoms with E-state index in [0.29, 0.717) is 28.9 Å². The molecule has 0 amide bonds. The van der Waals surface area contributed by atoms with E-state index in [-0.39, 0.29) is 12.4 Å². The lowest BCUT2D eigenvalue weighted by Gasteiger charge is -2.07. The third kappa shape index (κ3) is 5.62. The highest BCUT2D eigenvalue weighted by Gasteiger charge is 2.09. The zero-order valence-corrected chi connectivity index (χ0v) is 12.5. The predicted molar refractivity (Wildman–Crippen MR) is 77.2 cm³/mol. The number of ether oxygens (including phenoxy) is 2. The molecule has 0 unspecified atom stereocenters. The van der Waals surface area contributed by atoms with Crippen LogP contribution in [0, 0.1) is 5.92 Å². The van der Waals surface area contributed by atoms with Gasteiger partial charge in [0.1, 0.15) is 12.4 Å². The summed E-state index contributed by atoms with van der Waals surface area (Å²) >= 11 is 5.97. The van der Waals surface area contributed by atoms with Crippen molar-refractivity contribution in [2.45, 2.75) is 26.7 Å². The Morgan fingerprint density at radius 1 is 1.37 bits per heavy atom. The standard InChI is InChI=1S/C15H21ClO3/c1-11(2)5-4-8-19-10-14(17)12-6-7-15(18-3)13(16)9-12/h6-7,9,11H,4-5,8,10H2,1-3H3. The number of ketones is 1. The Morgan fingerprint density at radius 3 is 2.68 bits per heavy atom. The fourth-order valence-corrected chi connectivity index (χ4v) is 1.94. The Bertz CT molecular complexity index is 416. The van der Waals surface area contributed by atoms with Gasteiger partial charge in [0.2, 0.25) is 0 Å². The number of rotatable bonds is 8. The second-order valence-electron chi connectivity index (χ2n) is 4.86. The Kier molecular flexibility index (Phi) is 6.89. The molecule has 0 fully saturated rings. The Morgan fingerprint density at radius 2 is 2.11 bits per heavy atom. The van der Waals surface area contributed by atoms with E-state index < -0.39 is 0 Å². The topological polar surface area (TPSA) is 35.5 Å². The molecule has 0 atom stereocenters. The van der Waals surface area contributed by atoms with Gasteiger partial charge >= 0.3 is 0 Å². The van der Waals surface area contributed by atoms with Gasteiger partial charge in [0.15, 0.2) is 5.78 Å². The van der Waals surface area contributed by atoms with Crippen LogP contribution in [0.1, 0.15) is 37.0 Å². The predicted octanol–water partition coefficient (Wildman–Crippen LogP) is 3.98. The van der Waals surface area contributed by atoms with Crippen LogP contribution in [0.3, 0.4) is 0 Å². The molecule has 0 saturated heterocycles. The molecular weight excluding hydrogens is 264 g/mol. The number of carbonyl (C=O) groups excluding carboxylic acids is 1. The summed E-state index contributed by atoms with van der Waals surface area (Å²) < 4.78 is 10.4. The molecule has 4 heteroatoms. The number of Topliss-reactive ketones (excluding diaryl/α,β-unsaturated/α-hetero) is 1. The molecular formula is C15H21ClO3. The summed E-state index contributed by atoms with van der Waals surface area (Å²) in [5.41, 5.74) is 0.551. The van der Waals surface area contributed by atoms with Crippen LogP contribution in [0.15, 0.2) is 18.2 Å². The first-order valence-electron chi connectivity index (χ1n) is 6.49. The molecule has 0 bridgehead atoms. The van der Waals surface area contributed by atoms with Crippen LogP contribution in [-0.2, 0) is 4.74 Å². The number of hydrogen-bond donors (Lipinski definition) is 0. The molecule has 1 aromatic rings. The first kappa shape index (κ1) is 16.0. The Balaban J connectivity index is 2.39. The SMILES string of the molecule is COc1ccc(C(=O)COCCCC(C)C)cc1Cl. The van der Waals surface area contributed by atoms with Crippen LogP contribution >= 0.6 is 11.6 Å². The lowest BCUT2D eigenvalue weighted by atomic mass is 10.1. The molecule has 0 aliphatic heterocycles. The third-order valence-electron chi connectivity index (χ3n) is 2.78. The fraction of sp³-hybridized carbons (Fsp3) is 0.533. The van der Waals surface area contributed by atoms with Crippen LogP contribution < -0.4 is 4.74 Å². The van der Waals surface area contributed by atoms with Gasteiger partial charge in [-0.1, -0.05) is 25.4 Å². The maximum atomic E-state index is 11.9. The smallest absolute Gasteiger partial charge is 0.188 e. The number of halogens is 1. The molecule has 0 N–H and O–H groups in total. The summed E-state index contributed by atoms with van der Waals surface area (Å²) in [4.78, 5) is 11.9. The Hall–Kier alpha value is -1.06. The molecule has 0 aliphatic carbocycles. The summed E-state index contributed by atoms with van der Waals surface area (Å²) in [6.07, 6.45) is 2.09. The second kappa shape index (κ2) is 8.18. The minimum absolute atomic E-state index is 0.0610. The molecule has 3 nitrogen and oxygen atoms in total. The highest BCUT2D eigenvalue weighted by Crippen LogP contribution is 2.25. The molecule has 0 aliphatic rings. The minimum atomic E-state index is -0.0610. The van der Waals surface area contributed by atoms with Crippen LogP contribution in [0.4, 0.5) is 0 Å². The van der Waals surface area contributed by atoms with Gasteiger partial charge in [-0.05, 0) is 37.0 Å². The zero-order chi connectivity index (χ0) is 14.3. The molecule has 0 aromatic heterocycles. The second-order valence-corrected chi connectivity index (χ2v) is 5.27. The van der Waals surface area contributed by atoms with Crippen molar-refractivity contribution >= 4 is 17.4 Å². The van der Waals surface area contributed by atoms with Gasteiger partial charge < -0.3 is 9.47 Å². The third-order valence-corrected chi connectivity index (χ3v) is 3.07. The number of carbonyl (C=O) groups is 1. The van der Waals surface area contributed by atoms with E-state index in [1.54, 1.807) is 25.3 Å². The first-order valence-corrected chi connectivity index (χ1v) is 6.87. The van der Waals surface area contributed by atoms with Gasteiger partial charge in [0.05, 0.1) is 12.1 Å². The van der Waals surface area contributed by atoms with Crippen LogP contribution in [0.5, 0.6) is 5.75 Å². The maximum Gasteiger partial charge on any atom is 0.188 e. The van der Waals surface area contributed by atoms with Gasteiger partial charge in [-0.2, -0.15) is 0 Å². The maximum absolute atomic E-state index is 11.9. The summed E-state index contributed by atoms with van der Waals surface area (Å²) in [6, 6.07) is 5.00. The number of hydrogen-bond acceptors (Lipinski definition) is 3. The number of methoxy groups -OCH3 is 1. The molecule has 0 saturated carbocycles. The van der Waals surface area contributed by atoms with E-state index in [4.69, 9.17) is 21.1 Å². The van der Waals surface area contributed by atoms with Gasteiger partial charge in [-0.25, -0.2) is 0 Å². The summed E-state index contributed by atoms with van der Waals surface area (Å²) in [5.74, 6) is 1.17. The average molecular weight is 285 g/mol. The molecule has 106 valence electrons. The van der Waals surface area contributed by atoms with Crippen molar-refractivity contribution in [3.63, 3.8) is 0 Å². The lowest BCUT2D eigenvalue weighted by molar-refractivity contribution is 0.0749. The van der Waals surface area contributed by atoms with Gasteiger partial charge in [0.25, 0.3) is 0 Å². The van der Waals surface area contributed by atoms with E-state index in [1.807, 2.05) is 0 Å². The van der Waals surface area contributed by atoms with E-state index in [2.05, 4.69) is 13.8 Å². The van der Waals surface area contributed by atoms with Gasteiger partial charge in [-0.15, -0.1) is 0 Å². The van der Waals surface area contributed by atoms with E-state index in [9.17, 15) is 4.79 Å². The molecule has 1 rings (SSSR count). The summed E-state index contributed by atoms with van der Waals surface area (Å²) in [5, 5.41) is 0.438. The van der Waals surface area contributed by atoms with Gasteiger partial charge in [-0.3, -0.25) is 4.79 Å². The van der Waals surface area contributed by atoms with Crippen molar-refractivity contribution in [2.24, 2.45) is 5.92 Å². The highest BCUT2D eigenvalue weighted by atomic mass is 35.5. The van der Waals surface area contributed by atoms with Crippen molar-refractivity contribution in [3.05, 3.63) is 28.8 Å². The quantitative estimate of drug-likeness (QED) is 0.535. The van der Waals surface area contributed by atoms with Gasteiger partial charge in [0, 0.05) is 12.2 Å². The minimum Gasteiger partial charge on any atom is -0.495 e. The molecule has 19 heavy (non-hydrogen) atoms. The average Bonchev–Trinajstić information content (AvgIpc) is 2.37. The largest absolute Gasteiger partial charge is 0.495 e. The van der Waals surface area contributed by atoms with Crippen molar-refractivity contribution in [2.75, 3.05) is 20.3 Å². The van der Waals surface area contributed by atoms with Crippen molar-refractivity contribution in [1.29, 1.82) is 0 Å². The fourth-order valence-electron chi connectivity index (χ4n) is 1.68. The Labute approximate surface area is 119 Å². The monoisotopic (exact) mass is 284 g/mol. The van der Waals surface area contributed by atoms with Crippen LogP contribution in [0.25, 0.3) is 0 Å². The normalized spacial score (nSPS) is 10.8. The molecule has 1 aromatic carbocycles. The van der Waals surface area contributed by atoms with E-state index >= 15 is 0 Å². The van der Waals surface area contributed by atoms with Crippen LogP contribution in [-0.4, -0.2) is 26.1 Å². The summed E-state index contributed by atoms with van der Waals surface area (Å²) in [7, 11) is 1.54. The molecule has 0 radical (unpaired) electrons.